The summed E-state index contributed by atoms with van der Waals surface area (Å²) in [6, 6.07) is 17.4. The fourth-order valence-corrected chi connectivity index (χ4v) is 2.95. The summed E-state index contributed by atoms with van der Waals surface area (Å²) in [6.07, 6.45) is 0.874. The molecule has 0 fully saturated rings. The largest absolute Gasteiger partial charge is 0.348 e. The molecule has 0 saturated heterocycles. The van der Waals surface area contributed by atoms with Gasteiger partial charge in [-0.1, -0.05) is 55.5 Å². The van der Waals surface area contributed by atoms with Crippen molar-refractivity contribution in [3.8, 4) is 0 Å². The molecule has 2 rings (SSSR count). The molecule has 0 aliphatic heterocycles. The zero-order valence-corrected chi connectivity index (χ0v) is 16.4. The Morgan fingerprint density at radius 2 is 1.59 bits per heavy atom. The number of carbonyl (C=O) groups excluding carboxylic acids is 2. The van der Waals surface area contributed by atoms with Crippen LogP contribution in [0.5, 0.6) is 0 Å². The Kier molecular flexibility index (Phi) is 8.01. The Bertz CT molecular complexity index is 746. The highest BCUT2D eigenvalue weighted by Gasteiger charge is 2.16. The minimum atomic E-state index is -0.110. The molecule has 1 atom stereocenters. The second-order valence-electron chi connectivity index (χ2n) is 6.77. The van der Waals surface area contributed by atoms with Gasteiger partial charge in [0.25, 0.3) is 0 Å². The van der Waals surface area contributed by atoms with Crippen LogP contribution in [0, 0.1) is 6.92 Å². The van der Waals surface area contributed by atoms with E-state index in [-0.39, 0.29) is 30.9 Å². The molecule has 0 saturated carbocycles. The monoisotopic (exact) mass is 367 g/mol. The number of aryl methyl sites for hydroxylation is 1. The Labute approximate surface area is 161 Å². The topological polar surface area (TPSA) is 61.4 Å². The van der Waals surface area contributed by atoms with Gasteiger partial charge in [-0.05, 0) is 44.0 Å². The number of hydrogen-bond acceptors (Lipinski definition) is 3. The molecular weight excluding hydrogens is 338 g/mol. The van der Waals surface area contributed by atoms with Gasteiger partial charge in [0.2, 0.25) is 11.8 Å². The molecule has 0 radical (unpaired) electrons. The first-order valence-electron chi connectivity index (χ1n) is 9.41. The summed E-state index contributed by atoms with van der Waals surface area (Å²) in [5, 5.41) is 5.93. The fraction of sp³-hybridized carbons (Fsp3) is 0.364. The summed E-state index contributed by atoms with van der Waals surface area (Å²) in [4.78, 5) is 26.7. The first-order valence-corrected chi connectivity index (χ1v) is 9.41. The van der Waals surface area contributed by atoms with Gasteiger partial charge in [0.05, 0.1) is 19.1 Å². The van der Waals surface area contributed by atoms with Crippen LogP contribution in [0.2, 0.25) is 0 Å². The van der Waals surface area contributed by atoms with Crippen LogP contribution in [0.25, 0.3) is 0 Å². The highest BCUT2D eigenvalue weighted by atomic mass is 16.2. The molecule has 2 N–H and O–H groups in total. The van der Waals surface area contributed by atoms with Gasteiger partial charge < -0.3 is 10.6 Å². The van der Waals surface area contributed by atoms with E-state index in [0.717, 1.165) is 23.2 Å². The Hall–Kier alpha value is -2.66. The number of anilines is 1. The lowest BCUT2D eigenvalue weighted by atomic mass is 10.1. The third kappa shape index (κ3) is 6.87. The fourth-order valence-electron chi connectivity index (χ4n) is 2.95. The lowest BCUT2D eigenvalue weighted by molar-refractivity contribution is -0.124. The number of hydrogen-bond donors (Lipinski definition) is 2. The van der Waals surface area contributed by atoms with E-state index in [2.05, 4.69) is 10.6 Å². The number of nitrogens with zero attached hydrogens (tertiary/aromatic N) is 1. The van der Waals surface area contributed by atoms with E-state index >= 15 is 0 Å². The normalized spacial score (nSPS) is 11.9. The molecule has 5 nitrogen and oxygen atoms in total. The van der Waals surface area contributed by atoms with Gasteiger partial charge in [-0.15, -0.1) is 0 Å². The third-order valence-electron chi connectivity index (χ3n) is 4.37. The van der Waals surface area contributed by atoms with Gasteiger partial charge in [0, 0.05) is 5.69 Å². The molecule has 0 bridgehead atoms. The van der Waals surface area contributed by atoms with Crippen LogP contribution in [0.15, 0.2) is 54.6 Å². The quantitative estimate of drug-likeness (QED) is 0.713. The maximum Gasteiger partial charge on any atom is 0.238 e. The molecular formula is C22H29N3O2. The predicted octanol–water partition coefficient (Wildman–Crippen LogP) is 3.52. The van der Waals surface area contributed by atoms with Crippen LogP contribution in [0.3, 0.4) is 0 Å². The molecule has 2 aromatic rings. The first kappa shape index (κ1) is 20.6. The molecule has 0 aromatic heterocycles. The highest BCUT2D eigenvalue weighted by molar-refractivity contribution is 5.93. The van der Waals surface area contributed by atoms with Crippen LogP contribution >= 0.6 is 0 Å². The van der Waals surface area contributed by atoms with Crippen molar-refractivity contribution in [2.45, 2.75) is 33.2 Å². The van der Waals surface area contributed by atoms with Crippen LogP contribution in [0.4, 0.5) is 5.69 Å². The van der Waals surface area contributed by atoms with Crippen LogP contribution in [-0.4, -0.2) is 36.3 Å². The van der Waals surface area contributed by atoms with E-state index in [1.807, 2.05) is 80.3 Å². The highest BCUT2D eigenvalue weighted by Crippen LogP contribution is 2.13. The van der Waals surface area contributed by atoms with Crippen molar-refractivity contribution in [3.63, 3.8) is 0 Å². The summed E-state index contributed by atoms with van der Waals surface area (Å²) >= 11 is 0. The van der Waals surface area contributed by atoms with Crippen LogP contribution < -0.4 is 10.6 Å². The van der Waals surface area contributed by atoms with Gasteiger partial charge >= 0.3 is 0 Å². The van der Waals surface area contributed by atoms with E-state index in [0.29, 0.717) is 6.54 Å². The van der Waals surface area contributed by atoms with Crippen molar-refractivity contribution in [2.24, 2.45) is 0 Å². The van der Waals surface area contributed by atoms with Crippen molar-refractivity contribution in [1.29, 1.82) is 0 Å². The van der Waals surface area contributed by atoms with Gasteiger partial charge in [0.15, 0.2) is 0 Å². The van der Waals surface area contributed by atoms with Crippen LogP contribution in [0.1, 0.15) is 37.4 Å². The van der Waals surface area contributed by atoms with E-state index in [9.17, 15) is 9.59 Å². The summed E-state index contributed by atoms with van der Waals surface area (Å²) in [5.74, 6) is -0.190. The number of rotatable bonds is 9. The predicted molar refractivity (Wildman–Crippen MR) is 110 cm³/mol. The Balaban J connectivity index is 1.89. The number of amides is 2. The van der Waals surface area contributed by atoms with Crippen molar-refractivity contribution in [2.75, 3.05) is 25.0 Å². The smallest absolute Gasteiger partial charge is 0.238 e. The molecule has 0 aliphatic carbocycles. The summed E-state index contributed by atoms with van der Waals surface area (Å²) in [7, 11) is 0. The first-order chi connectivity index (χ1) is 13.0. The lowest BCUT2D eigenvalue weighted by Crippen LogP contribution is -2.42. The zero-order valence-electron chi connectivity index (χ0n) is 16.4. The van der Waals surface area contributed by atoms with E-state index < -0.39 is 0 Å². The van der Waals surface area contributed by atoms with Crippen molar-refractivity contribution < 1.29 is 9.59 Å². The summed E-state index contributed by atoms with van der Waals surface area (Å²) in [6.45, 7) is 7.03. The van der Waals surface area contributed by atoms with Gasteiger partial charge in [-0.2, -0.15) is 0 Å². The van der Waals surface area contributed by atoms with Crippen LogP contribution in [-0.2, 0) is 9.59 Å². The SMILES string of the molecule is CCCN(CC(=O)Nc1ccccc1C)CC(=O)N[C@@H](C)c1ccccc1. The van der Waals surface area contributed by atoms with E-state index in [1.165, 1.54) is 0 Å². The summed E-state index contributed by atoms with van der Waals surface area (Å²) in [5.41, 5.74) is 2.88. The molecule has 0 unspecified atom stereocenters. The second kappa shape index (κ2) is 10.5. The minimum Gasteiger partial charge on any atom is -0.348 e. The standard InChI is InChI=1S/C22H29N3O2/c1-4-14-25(16-22(27)24-20-13-9-8-10-17(20)2)15-21(26)23-18(3)19-11-6-5-7-12-19/h5-13,18H,4,14-16H2,1-3H3,(H,23,26)(H,24,27)/t18-/m0/s1. The number of carbonyl (C=O) groups is 2. The minimum absolute atomic E-state index is 0.0667. The van der Waals surface area contributed by atoms with E-state index in [1.54, 1.807) is 0 Å². The summed E-state index contributed by atoms with van der Waals surface area (Å²) < 4.78 is 0. The molecule has 0 aliphatic rings. The molecule has 0 spiro atoms. The third-order valence-corrected chi connectivity index (χ3v) is 4.37. The van der Waals surface area contributed by atoms with Gasteiger partial charge in [-0.3, -0.25) is 14.5 Å². The molecule has 0 heterocycles. The molecule has 2 amide bonds. The maximum atomic E-state index is 12.4. The number of benzene rings is 2. The lowest BCUT2D eigenvalue weighted by Gasteiger charge is -2.22. The van der Waals surface area contributed by atoms with Gasteiger partial charge in [0.1, 0.15) is 0 Å². The average Bonchev–Trinajstić information content (AvgIpc) is 2.64. The maximum absolute atomic E-state index is 12.4. The average molecular weight is 367 g/mol. The van der Waals surface area contributed by atoms with E-state index in [4.69, 9.17) is 0 Å². The molecule has 144 valence electrons. The van der Waals surface area contributed by atoms with Crippen molar-refractivity contribution in [1.82, 2.24) is 10.2 Å². The van der Waals surface area contributed by atoms with Crippen molar-refractivity contribution in [3.05, 3.63) is 65.7 Å². The molecule has 27 heavy (non-hydrogen) atoms. The number of nitrogens with one attached hydrogen (secondary N) is 2. The molecule has 2 aromatic carbocycles. The van der Waals surface area contributed by atoms with Crippen molar-refractivity contribution >= 4 is 17.5 Å². The second-order valence-corrected chi connectivity index (χ2v) is 6.77. The van der Waals surface area contributed by atoms with Gasteiger partial charge in [-0.25, -0.2) is 0 Å². The number of para-hydroxylation sites is 1. The Morgan fingerprint density at radius 3 is 2.26 bits per heavy atom. The zero-order chi connectivity index (χ0) is 19.6. The Morgan fingerprint density at radius 1 is 0.963 bits per heavy atom. The molecule has 5 heteroatoms.